The maximum atomic E-state index is 12.7. The van der Waals surface area contributed by atoms with E-state index in [-0.39, 0.29) is 5.91 Å². The van der Waals surface area contributed by atoms with Crippen molar-refractivity contribution in [3.8, 4) is 11.5 Å². The zero-order valence-corrected chi connectivity index (χ0v) is 16.2. The molecule has 5 heteroatoms. The molecule has 3 rings (SSSR count). The van der Waals surface area contributed by atoms with Gasteiger partial charge in [-0.05, 0) is 30.7 Å². The molecular formula is C22H28N4O. The Kier molecular flexibility index (Phi) is 6.58. The second kappa shape index (κ2) is 9.31. The third-order valence-electron chi connectivity index (χ3n) is 4.79. The molecule has 0 unspecified atom stereocenters. The monoisotopic (exact) mass is 364 g/mol. The van der Waals surface area contributed by atoms with E-state index in [1.165, 1.54) is 32.1 Å². The van der Waals surface area contributed by atoms with Crippen LogP contribution < -0.4 is 0 Å². The van der Waals surface area contributed by atoms with Gasteiger partial charge in [-0.3, -0.25) is 4.79 Å². The lowest BCUT2D eigenvalue weighted by Crippen LogP contribution is -2.28. The van der Waals surface area contributed by atoms with Gasteiger partial charge in [0, 0.05) is 13.6 Å². The number of aromatic nitrogens is 3. The third kappa shape index (κ3) is 4.94. The maximum Gasteiger partial charge on any atom is 0.272 e. The van der Waals surface area contributed by atoms with Crippen molar-refractivity contribution in [2.75, 3.05) is 13.6 Å². The average Bonchev–Trinajstić information content (AvgIpc) is 3.14. The Morgan fingerprint density at radius 3 is 2.56 bits per heavy atom. The smallest absolute Gasteiger partial charge is 0.272 e. The van der Waals surface area contributed by atoms with Crippen molar-refractivity contribution in [2.45, 2.75) is 45.4 Å². The van der Waals surface area contributed by atoms with E-state index in [1.807, 2.05) is 43.4 Å². The van der Waals surface area contributed by atoms with Crippen LogP contribution in [-0.2, 0) is 0 Å². The Labute approximate surface area is 160 Å². The zero-order chi connectivity index (χ0) is 19.1. The predicted molar refractivity (Wildman–Crippen MR) is 110 cm³/mol. The van der Waals surface area contributed by atoms with Crippen LogP contribution in [0.3, 0.4) is 0 Å². The normalized spacial score (nSPS) is 11.0. The minimum Gasteiger partial charge on any atom is -0.340 e. The molecule has 1 amide bonds. The number of hydrogen-bond donors (Lipinski definition) is 1. The van der Waals surface area contributed by atoms with Crippen molar-refractivity contribution in [1.82, 2.24) is 19.9 Å². The van der Waals surface area contributed by atoms with Crippen LogP contribution >= 0.6 is 0 Å². The topological polar surface area (TPSA) is 61.9 Å². The molecule has 1 N–H and O–H groups in total. The number of aromatic amines is 1. The van der Waals surface area contributed by atoms with E-state index in [4.69, 9.17) is 0 Å². The van der Waals surface area contributed by atoms with E-state index >= 15 is 0 Å². The van der Waals surface area contributed by atoms with Crippen LogP contribution in [0.1, 0.15) is 55.9 Å². The average molecular weight is 364 g/mol. The fourth-order valence-electron chi connectivity index (χ4n) is 3.19. The van der Waals surface area contributed by atoms with Gasteiger partial charge in [0.2, 0.25) is 0 Å². The first kappa shape index (κ1) is 19.1. The summed E-state index contributed by atoms with van der Waals surface area (Å²) >= 11 is 0. The number of imidazole rings is 1. The van der Waals surface area contributed by atoms with Gasteiger partial charge < -0.3 is 9.88 Å². The number of carbonyl (C=O) groups is 1. The number of H-pyrrole nitrogens is 1. The highest BCUT2D eigenvalue weighted by atomic mass is 16.2. The number of hydrogen-bond acceptors (Lipinski definition) is 3. The number of unbranched alkanes of at least 4 members (excludes halogenated alkanes) is 5. The van der Waals surface area contributed by atoms with E-state index in [9.17, 15) is 4.79 Å². The van der Waals surface area contributed by atoms with Crippen LogP contribution in [0.5, 0.6) is 0 Å². The van der Waals surface area contributed by atoms with Crippen molar-refractivity contribution in [1.29, 1.82) is 0 Å². The lowest BCUT2D eigenvalue weighted by molar-refractivity contribution is 0.0787. The van der Waals surface area contributed by atoms with Gasteiger partial charge in [-0.15, -0.1) is 0 Å². The summed E-state index contributed by atoms with van der Waals surface area (Å²) in [6.07, 6.45) is 7.29. The van der Waals surface area contributed by atoms with Crippen molar-refractivity contribution in [3.63, 3.8) is 0 Å². The minimum absolute atomic E-state index is 0.0403. The van der Waals surface area contributed by atoms with Gasteiger partial charge in [0.25, 0.3) is 5.91 Å². The second-order valence-electron chi connectivity index (χ2n) is 7.01. The molecule has 3 aromatic rings. The number of benzene rings is 1. The van der Waals surface area contributed by atoms with Crippen LogP contribution in [-0.4, -0.2) is 39.4 Å². The Morgan fingerprint density at radius 2 is 1.74 bits per heavy atom. The fourth-order valence-corrected chi connectivity index (χ4v) is 3.19. The highest BCUT2D eigenvalue weighted by Crippen LogP contribution is 2.19. The Hall–Kier alpha value is -2.69. The maximum absolute atomic E-state index is 12.7. The molecule has 2 heterocycles. The highest BCUT2D eigenvalue weighted by molar-refractivity contribution is 5.92. The van der Waals surface area contributed by atoms with E-state index < -0.39 is 0 Å². The van der Waals surface area contributed by atoms with Gasteiger partial charge >= 0.3 is 0 Å². The molecule has 27 heavy (non-hydrogen) atoms. The molecule has 0 bridgehead atoms. The number of pyridine rings is 1. The van der Waals surface area contributed by atoms with Gasteiger partial charge in [0.05, 0.1) is 11.0 Å². The van der Waals surface area contributed by atoms with Gasteiger partial charge in [-0.1, -0.05) is 57.2 Å². The Morgan fingerprint density at radius 1 is 0.963 bits per heavy atom. The summed E-state index contributed by atoms with van der Waals surface area (Å²) in [5.41, 5.74) is 3.00. The number of nitrogens with one attached hydrogen (secondary N) is 1. The molecule has 0 atom stereocenters. The van der Waals surface area contributed by atoms with Crippen molar-refractivity contribution in [3.05, 3.63) is 48.2 Å². The molecule has 0 saturated carbocycles. The summed E-state index contributed by atoms with van der Waals surface area (Å²) in [7, 11) is 1.85. The molecule has 0 spiro atoms. The Balaban J connectivity index is 1.63. The highest BCUT2D eigenvalue weighted by Gasteiger charge is 2.15. The van der Waals surface area contributed by atoms with Gasteiger partial charge in [0.15, 0.2) is 5.82 Å². The van der Waals surface area contributed by atoms with Crippen LogP contribution in [0.25, 0.3) is 22.6 Å². The lowest BCUT2D eigenvalue weighted by atomic mass is 10.1. The lowest BCUT2D eigenvalue weighted by Gasteiger charge is -2.16. The molecule has 0 saturated heterocycles. The van der Waals surface area contributed by atoms with Gasteiger partial charge in [0.1, 0.15) is 11.4 Å². The molecule has 1 aromatic carbocycles. The van der Waals surface area contributed by atoms with Gasteiger partial charge in [-0.25, -0.2) is 9.97 Å². The summed E-state index contributed by atoms with van der Waals surface area (Å²) in [5, 5.41) is 0. The molecule has 142 valence electrons. The summed E-state index contributed by atoms with van der Waals surface area (Å²) < 4.78 is 0. The first-order valence-electron chi connectivity index (χ1n) is 9.86. The molecule has 0 fully saturated rings. The van der Waals surface area contributed by atoms with Crippen LogP contribution in [0.15, 0.2) is 42.5 Å². The van der Waals surface area contributed by atoms with Crippen molar-refractivity contribution in [2.24, 2.45) is 0 Å². The first-order valence-corrected chi connectivity index (χ1v) is 9.86. The summed E-state index contributed by atoms with van der Waals surface area (Å²) in [6.45, 7) is 2.99. The fraction of sp³-hybridized carbons (Fsp3) is 0.409. The zero-order valence-electron chi connectivity index (χ0n) is 16.2. The standard InChI is InChI=1S/C22H28N4O/c1-3-4-5-6-7-10-16-26(2)22(27)20-15-11-14-19(23-20)21-24-17-12-8-9-13-18(17)25-21/h8-9,11-15H,3-7,10,16H2,1-2H3,(H,24,25). The number of amides is 1. The summed E-state index contributed by atoms with van der Waals surface area (Å²) in [6, 6.07) is 13.4. The Bertz CT molecular complexity index is 854. The molecule has 0 aliphatic heterocycles. The number of fused-ring (bicyclic) bond motifs is 1. The third-order valence-corrected chi connectivity index (χ3v) is 4.79. The number of carbonyl (C=O) groups excluding carboxylic acids is 1. The predicted octanol–water partition coefficient (Wildman–Crippen LogP) is 5.06. The number of rotatable bonds is 9. The number of nitrogens with zero attached hydrogens (tertiary/aromatic N) is 3. The first-order chi connectivity index (χ1) is 13.2. The molecular weight excluding hydrogens is 336 g/mol. The van der Waals surface area contributed by atoms with E-state index in [0.29, 0.717) is 17.2 Å². The summed E-state index contributed by atoms with van der Waals surface area (Å²) in [5.74, 6) is 0.644. The van der Waals surface area contributed by atoms with E-state index in [2.05, 4.69) is 21.9 Å². The van der Waals surface area contributed by atoms with Crippen LogP contribution in [0.4, 0.5) is 0 Å². The van der Waals surface area contributed by atoms with E-state index in [1.54, 1.807) is 11.0 Å². The van der Waals surface area contributed by atoms with Crippen molar-refractivity contribution >= 4 is 16.9 Å². The minimum atomic E-state index is -0.0403. The van der Waals surface area contributed by atoms with E-state index in [0.717, 1.165) is 24.0 Å². The van der Waals surface area contributed by atoms with Crippen LogP contribution in [0.2, 0.25) is 0 Å². The molecule has 0 aliphatic rings. The molecule has 0 radical (unpaired) electrons. The molecule has 2 aromatic heterocycles. The summed E-state index contributed by atoms with van der Waals surface area (Å²) in [4.78, 5) is 26.8. The number of para-hydroxylation sites is 2. The largest absolute Gasteiger partial charge is 0.340 e. The van der Waals surface area contributed by atoms with Crippen LogP contribution in [0, 0.1) is 0 Å². The molecule has 5 nitrogen and oxygen atoms in total. The second-order valence-corrected chi connectivity index (χ2v) is 7.01. The van der Waals surface area contributed by atoms with Gasteiger partial charge in [-0.2, -0.15) is 0 Å². The quantitative estimate of drug-likeness (QED) is 0.540. The van der Waals surface area contributed by atoms with Crippen molar-refractivity contribution < 1.29 is 4.79 Å². The molecule has 0 aliphatic carbocycles. The SMILES string of the molecule is CCCCCCCCN(C)C(=O)c1cccc(-c2nc3ccccc3[nH]2)n1.